The van der Waals surface area contributed by atoms with Crippen molar-refractivity contribution in [2.45, 2.75) is 39.0 Å². The SMILES string of the molecule is CCC(CC(=O)NCCc1cc(C)on1)c1ccc(F)cc1. The van der Waals surface area contributed by atoms with Crippen LogP contribution in [0.5, 0.6) is 0 Å². The number of aryl methyl sites for hydroxylation is 1. The van der Waals surface area contributed by atoms with Gasteiger partial charge in [0.1, 0.15) is 11.6 Å². The van der Waals surface area contributed by atoms with Gasteiger partial charge < -0.3 is 9.84 Å². The largest absolute Gasteiger partial charge is 0.361 e. The molecule has 118 valence electrons. The number of hydrogen-bond donors (Lipinski definition) is 1. The van der Waals surface area contributed by atoms with Crippen molar-refractivity contribution in [3.05, 3.63) is 53.2 Å². The summed E-state index contributed by atoms with van der Waals surface area (Å²) < 4.78 is 17.9. The predicted octanol–water partition coefficient (Wildman–Crippen LogP) is 3.36. The van der Waals surface area contributed by atoms with Crippen LogP contribution in [0.4, 0.5) is 4.39 Å². The first-order chi connectivity index (χ1) is 10.6. The average Bonchev–Trinajstić information content (AvgIpc) is 2.91. The highest BCUT2D eigenvalue weighted by molar-refractivity contribution is 5.76. The first-order valence-corrected chi connectivity index (χ1v) is 7.53. The number of nitrogens with zero attached hydrogens (tertiary/aromatic N) is 1. The molecular weight excluding hydrogens is 283 g/mol. The molecule has 0 saturated carbocycles. The van der Waals surface area contributed by atoms with E-state index >= 15 is 0 Å². The highest BCUT2D eigenvalue weighted by Gasteiger charge is 2.14. The van der Waals surface area contributed by atoms with Crippen molar-refractivity contribution >= 4 is 5.91 Å². The third-order valence-electron chi connectivity index (χ3n) is 3.65. The number of nitrogens with one attached hydrogen (secondary N) is 1. The van der Waals surface area contributed by atoms with Crippen LogP contribution in [-0.2, 0) is 11.2 Å². The van der Waals surface area contributed by atoms with E-state index in [4.69, 9.17) is 4.52 Å². The Labute approximate surface area is 129 Å². The molecular formula is C17H21FN2O2. The summed E-state index contributed by atoms with van der Waals surface area (Å²) in [7, 11) is 0. The quantitative estimate of drug-likeness (QED) is 0.853. The van der Waals surface area contributed by atoms with Crippen molar-refractivity contribution in [2.24, 2.45) is 0 Å². The summed E-state index contributed by atoms with van der Waals surface area (Å²) in [6.07, 6.45) is 1.89. The summed E-state index contributed by atoms with van der Waals surface area (Å²) in [6, 6.07) is 8.22. The van der Waals surface area contributed by atoms with E-state index < -0.39 is 0 Å². The van der Waals surface area contributed by atoms with E-state index in [0.29, 0.717) is 19.4 Å². The Morgan fingerprint density at radius 1 is 1.36 bits per heavy atom. The molecule has 0 radical (unpaired) electrons. The molecule has 0 aliphatic rings. The van der Waals surface area contributed by atoms with Gasteiger partial charge in [0, 0.05) is 25.5 Å². The Kier molecular flexibility index (Phi) is 5.69. The normalized spacial score (nSPS) is 12.1. The van der Waals surface area contributed by atoms with Crippen molar-refractivity contribution < 1.29 is 13.7 Å². The third-order valence-corrected chi connectivity index (χ3v) is 3.65. The van der Waals surface area contributed by atoms with Crippen LogP contribution >= 0.6 is 0 Å². The number of benzene rings is 1. The van der Waals surface area contributed by atoms with E-state index in [1.54, 1.807) is 12.1 Å². The van der Waals surface area contributed by atoms with Crippen LogP contribution in [0, 0.1) is 12.7 Å². The van der Waals surface area contributed by atoms with Crippen LogP contribution in [0.1, 0.15) is 42.7 Å². The third kappa shape index (κ3) is 4.69. The van der Waals surface area contributed by atoms with E-state index in [1.165, 1.54) is 12.1 Å². The molecule has 22 heavy (non-hydrogen) atoms. The zero-order chi connectivity index (χ0) is 15.9. The molecule has 1 heterocycles. The lowest BCUT2D eigenvalue weighted by Gasteiger charge is -2.15. The van der Waals surface area contributed by atoms with Gasteiger partial charge in [-0.25, -0.2) is 4.39 Å². The molecule has 0 aliphatic carbocycles. The zero-order valence-corrected chi connectivity index (χ0v) is 12.9. The molecule has 5 heteroatoms. The second-order valence-electron chi connectivity index (χ2n) is 5.39. The fraction of sp³-hybridized carbons (Fsp3) is 0.412. The van der Waals surface area contributed by atoms with Crippen molar-refractivity contribution in [1.29, 1.82) is 0 Å². The van der Waals surface area contributed by atoms with Crippen LogP contribution in [0.15, 0.2) is 34.9 Å². The maximum absolute atomic E-state index is 13.0. The van der Waals surface area contributed by atoms with Gasteiger partial charge in [-0.2, -0.15) is 0 Å². The van der Waals surface area contributed by atoms with Crippen molar-refractivity contribution in [3.8, 4) is 0 Å². The minimum absolute atomic E-state index is 0.00334. The standard InChI is InChI=1S/C17H21FN2O2/c1-3-13(14-4-6-15(18)7-5-14)11-17(21)19-9-8-16-10-12(2)22-20-16/h4-7,10,13H,3,8-9,11H2,1-2H3,(H,19,21). The molecule has 2 aromatic rings. The lowest BCUT2D eigenvalue weighted by Crippen LogP contribution is -2.27. The number of carbonyl (C=O) groups excluding carboxylic acids is 1. The van der Waals surface area contributed by atoms with Crippen molar-refractivity contribution in [2.75, 3.05) is 6.54 Å². The predicted molar refractivity (Wildman–Crippen MR) is 82.0 cm³/mol. The van der Waals surface area contributed by atoms with Gasteiger partial charge in [0.05, 0.1) is 5.69 Å². The zero-order valence-electron chi connectivity index (χ0n) is 12.9. The number of carbonyl (C=O) groups is 1. The summed E-state index contributed by atoms with van der Waals surface area (Å²) in [5.41, 5.74) is 1.83. The Morgan fingerprint density at radius 2 is 2.09 bits per heavy atom. The fourth-order valence-electron chi connectivity index (χ4n) is 2.39. The highest BCUT2D eigenvalue weighted by atomic mass is 19.1. The molecule has 1 unspecified atom stereocenters. The first kappa shape index (κ1) is 16.2. The second kappa shape index (κ2) is 7.73. The van der Waals surface area contributed by atoms with Gasteiger partial charge in [0.15, 0.2) is 0 Å². The molecule has 0 bridgehead atoms. The first-order valence-electron chi connectivity index (χ1n) is 7.53. The van der Waals surface area contributed by atoms with Gasteiger partial charge in [0.25, 0.3) is 0 Å². The van der Waals surface area contributed by atoms with Crippen molar-refractivity contribution in [1.82, 2.24) is 10.5 Å². The number of halogens is 1. The molecule has 1 atom stereocenters. The molecule has 1 aromatic carbocycles. The smallest absolute Gasteiger partial charge is 0.220 e. The molecule has 1 amide bonds. The summed E-state index contributed by atoms with van der Waals surface area (Å²) >= 11 is 0. The van der Waals surface area contributed by atoms with Gasteiger partial charge in [0.2, 0.25) is 5.91 Å². The van der Waals surface area contributed by atoms with Crippen LogP contribution in [0.25, 0.3) is 0 Å². The molecule has 4 nitrogen and oxygen atoms in total. The number of amides is 1. The maximum Gasteiger partial charge on any atom is 0.220 e. The van der Waals surface area contributed by atoms with Crippen LogP contribution < -0.4 is 5.32 Å². The van der Waals surface area contributed by atoms with Gasteiger partial charge >= 0.3 is 0 Å². The lowest BCUT2D eigenvalue weighted by atomic mass is 9.93. The van der Waals surface area contributed by atoms with Gasteiger partial charge in [-0.3, -0.25) is 4.79 Å². The Hall–Kier alpha value is -2.17. The molecule has 0 aliphatic heterocycles. The summed E-state index contributed by atoms with van der Waals surface area (Å²) in [5, 5.41) is 6.78. The lowest BCUT2D eigenvalue weighted by molar-refractivity contribution is -0.121. The second-order valence-corrected chi connectivity index (χ2v) is 5.39. The minimum atomic E-state index is -0.258. The molecule has 0 fully saturated rings. The Bertz CT molecular complexity index is 607. The molecule has 1 N–H and O–H groups in total. The molecule has 1 aromatic heterocycles. The van der Waals surface area contributed by atoms with E-state index in [2.05, 4.69) is 10.5 Å². The van der Waals surface area contributed by atoms with E-state index in [-0.39, 0.29) is 17.6 Å². The van der Waals surface area contributed by atoms with Gasteiger partial charge in [-0.1, -0.05) is 24.2 Å². The topological polar surface area (TPSA) is 55.1 Å². The fourth-order valence-corrected chi connectivity index (χ4v) is 2.39. The Morgan fingerprint density at radius 3 is 2.68 bits per heavy atom. The van der Waals surface area contributed by atoms with Crippen LogP contribution in [0.2, 0.25) is 0 Å². The van der Waals surface area contributed by atoms with Gasteiger partial charge in [-0.15, -0.1) is 0 Å². The minimum Gasteiger partial charge on any atom is -0.361 e. The summed E-state index contributed by atoms with van der Waals surface area (Å²) in [6.45, 7) is 4.40. The van der Waals surface area contributed by atoms with Crippen molar-refractivity contribution in [3.63, 3.8) is 0 Å². The average molecular weight is 304 g/mol. The van der Waals surface area contributed by atoms with E-state index in [9.17, 15) is 9.18 Å². The van der Waals surface area contributed by atoms with Gasteiger partial charge in [-0.05, 0) is 37.0 Å². The number of rotatable bonds is 7. The molecule has 0 saturated heterocycles. The van der Waals surface area contributed by atoms with E-state index in [1.807, 2.05) is 19.9 Å². The maximum atomic E-state index is 13.0. The molecule has 2 rings (SSSR count). The van der Waals surface area contributed by atoms with Crippen LogP contribution in [-0.4, -0.2) is 17.6 Å². The van der Waals surface area contributed by atoms with Crippen LogP contribution in [0.3, 0.4) is 0 Å². The Balaban J connectivity index is 1.80. The molecule has 0 spiro atoms. The highest BCUT2D eigenvalue weighted by Crippen LogP contribution is 2.23. The summed E-state index contributed by atoms with van der Waals surface area (Å²) in [5.74, 6) is 0.612. The number of hydrogen-bond acceptors (Lipinski definition) is 3. The number of aromatic nitrogens is 1. The van der Waals surface area contributed by atoms with E-state index in [0.717, 1.165) is 23.4 Å². The monoisotopic (exact) mass is 304 g/mol. The summed E-state index contributed by atoms with van der Waals surface area (Å²) in [4.78, 5) is 12.0.